The minimum Gasteiger partial charge on any atom is -0.349 e. The van der Waals surface area contributed by atoms with Gasteiger partial charge in [0.15, 0.2) is 0 Å². The van der Waals surface area contributed by atoms with Crippen molar-refractivity contribution < 1.29 is 4.79 Å². The van der Waals surface area contributed by atoms with Gasteiger partial charge in [-0.15, -0.1) is 10.2 Å². The maximum Gasteiger partial charge on any atom is 0.222 e. The Labute approximate surface area is 118 Å². The summed E-state index contributed by atoms with van der Waals surface area (Å²) in [6.07, 6.45) is 7.14. The molecule has 0 bridgehead atoms. The van der Waals surface area contributed by atoms with E-state index in [0.717, 1.165) is 5.56 Å². The molecule has 0 saturated heterocycles. The summed E-state index contributed by atoms with van der Waals surface area (Å²) in [6, 6.07) is 3.85. The van der Waals surface area contributed by atoms with Crippen molar-refractivity contribution >= 4 is 5.91 Å². The van der Waals surface area contributed by atoms with Gasteiger partial charge in [0.05, 0.1) is 6.04 Å². The number of amides is 1. The van der Waals surface area contributed by atoms with Gasteiger partial charge < -0.3 is 9.88 Å². The number of aromatic nitrogens is 4. The van der Waals surface area contributed by atoms with E-state index in [4.69, 9.17) is 0 Å². The smallest absolute Gasteiger partial charge is 0.222 e. The van der Waals surface area contributed by atoms with Gasteiger partial charge in [-0.2, -0.15) is 0 Å². The van der Waals surface area contributed by atoms with E-state index in [1.807, 2.05) is 12.1 Å². The van der Waals surface area contributed by atoms with Gasteiger partial charge in [0.2, 0.25) is 5.91 Å². The molecule has 6 nitrogen and oxygen atoms in total. The highest BCUT2D eigenvalue weighted by molar-refractivity contribution is 5.76. The highest BCUT2D eigenvalue weighted by Crippen LogP contribution is 2.20. The molecule has 0 aliphatic rings. The summed E-state index contributed by atoms with van der Waals surface area (Å²) in [5.74, 6) is 0.319. The zero-order chi connectivity index (χ0) is 14.4. The topological polar surface area (TPSA) is 72.7 Å². The molecule has 0 radical (unpaired) electrons. The zero-order valence-corrected chi connectivity index (χ0v) is 11.7. The molecule has 1 N–H and O–H groups in total. The Morgan fingerprint density at radius 2 is 2.10 bits per heavy atom. The van der Waals surface area contributed by atoms with E-state index in [1.165, 1.54) is 0 Å². The Morgan fingerprint density at radius 3 is 2.70 bits per heavy atom. The average Bonchev–Trinajstić information content (AvgIpc) is 2.96. The molecular formula is C14H19N5O. The van der Waals surface area contributed by atoms with Gasteiger partial charge in [0, 0.05) is 25.4 Å². The quantitative estimate of drug-likeness (QED) is 0.867. The summed E-state index contributed by atoms with van der Waals surface area (Å²) in [7, 11) is 0. The Kier molecular flexibility index (Phi) is 4.81. The molecule has 6 heteroatoms. The molecule has 0 aliphatic carbocycles. The molecule has 2 aromatic heterocycles. The van der Waals surface area contributed by atoms with Crippen molar-refractivity contribution in [2.24, 2.45) is 5.92 Å². The largest absolute Gasteiger partial charge is 0.349 e. The van der Waals surface area contributed by atoms with Gasteiger partial charge in [-0.3, -0.25) is 9.78 Å². The highest BCUT2D eigenvalue weighted by atomic mass is 16.1. The van der Waals surface area contributed by atoms with Gasteiger partial charge in [0.25, 0.3) is 0 Å². The van der Waals surface area contributed by atoms with Crippen molar-refractivity contribution in [3.63, 3.8) is 0 Å². The molecule has 0 fully saturated rings. The SMILES string of the molecule is CC(C)C(NC(=O)CCn1cnnc1)c1cccnc1. The molecule has 20 heavy (non-hydrogen) atoms. The molecule has 106 valence electrons. The Morgan fingerprint density at radius 1 is 1.35 bits per heavy atom. The van der Waals surface area contributed by atoms with Crippen LogP contribution in [0, 0.1) is 5.92 Å². The normalized spacial score (nSPS) is 12.3. The van der Waals surface area contributed by atoms with Crippen LogP contribution < -0.4 is 5.32 Å². The predicted octanol–water partition coefficient (Wildman–Crippen LogP) is 1.58. The first kappa shape index (κ1) is 14.2. The number of nitrogens with zero attached hydrogens (tertiary/aromatic N) is 4. The minimum absolute atomic E-state index is 0.0150. The van der Waals surface area contributed by atoms with Crippen LogP contribution in [0.1, 0.15) is 31.9 Å². The van der Waals surface area contributed by atoms with Crippen LogP contribution in [0.4, 0.5) is 0 Å². The van der Waals surface area contributed by atoms with Crippen molar-refractivity contribution in [3.05, 3.63) is 42.7 Å². The summed E-state index contributed by atoms with van der Waals surface area (Å²) >= 11 is 0. The fraction of sp³-hybridized carbons (Fsp3) is 0.429. The number of rotatable bonds is 6. The third kappa shape index (κ3) is 3.88. The fourth-order valence-corrected chi connectivity index (χ4v) is 2.01. The fourth-order valence-electron chi connectivity index (χ4n) is 2.01. The average molecular weight is 273 g/mol. The lowest BCUT2D eigenvalue weighted by Crippen LogP contribution is -2.32. The van der Waals surface area contributed by atoms with Crippen LogP contribution in [-0.4, -0.2) is 25.7 Å². The third-order valence-electron chi connectivity index (χ3n) is 3.09. The van der Waals surface area contributed by atoms with Crippen LogP contribution in [-0.2, 0) is 11.3 Å². The lowest BCUT2D eigenvalue weighted by atomic mass is 9.97. The van der Waals surface area contributed by atoms with Crippen LogP contribution in [0.2, 0.25) is 0 Å². The highest BCUT2D eigenvalue weighted by Gasteiger charge is 2.18. The second kappa shape index (κ2) is 6.79. The second-order valence-electron chi connectivity index (χ2n) is 5.03. The van der Waals surface area contributed by atoms with Crippen LogP contribution in [0.3, 0.4) is 0 Å². The molecule has 2 heterocycles. The molecule has 0 aromatic carbocycles. The van der Waals surface area contributed by atoms with E-state index in [0.29, 0.717) is 18.9 Å². The number of aryl methyl sites for hydroxylation is 1. The van der Waals surface area contributed by atoms with E-state index >= 15 is 0 Å². The third-order valence-corrected chi connectivity index (χ3v) is 3.09. The Hall–Kier alpha value is -2.24. The Balaban J connectivity index is 1.93. The molecular weight excluding hydrogens is 254 g/mol. The van der Waals surface area contributed by atoms with Crippen LogP contribution in [0.15, 0.2) is 37.2 Å². The van der Waals surface area contributed by atoms with E-state index < -0.39 is 0 Å². The predicted molar refractivity (Wildman–Crippen MR) is 74.6 cm³/mol. The molecule has 2 aromatic rings. The van der Waals surface area contributed by atoms with Crippen molar-refractivity contribution in [2.45, 2.75) is 32.9 Å². The molecule has 1 atom stereocenters. The summed E-state index contributed by atoms with van der Waals surface area (Å²) in [6.45, 7) is 4.74. The first-order valence-electron chi connectivity index (χ1n) is 6.68. The summed E-state index contributed by atoms with van der Waals surface area (Å²) in [4.78, 5) is 16.2. The number of pyridine rings is 1. The van der Waals surface area contributed by atoms with Crippen LogP contribution in [0.5, 0.6) is 0 Å². The lowest BCUT2D eigenvalue weighted by molar-refractivity contribution is -0.122. The van der Waals surface area contributed by atoms with Crippen LogP contribution >= 0.6 is 0 Å². The van der Waals surface area contributed by atoms with E-state index in [-0.39, 0.29) is 11.9 Å². The summed E-state index contributed by atoms with van der Waals surface area (Å²) < 4.78 is 1.79. The van der Waals surface area contributed by atoms with E-state index in [2.05, 4.69) is 34.3 Å². The molecule has 0 spiro atoms. The monoisotopic (exact) mass is 273 g/mol. The number of hydrogen-bond donors (Lipinski definition) is 1. The zero-order valence-electron chi connectivity index (χ0n) is 11.7. The maximum atomic E-state index is 12.0. The van der Waals surface area contributed by atoms with Crippen molar-refractivity contribution in [1.82, 2.24) is 25.1 Å². The molecule has 2 rings (SSSR count). The Bertz CT molecular complexity index is 524. The minimum atomic E-state index is -0.0166. The molecule has 0 aliphatic heterocycles. The summed E-state index contributed by atoms with van der Waals surface area (Å²) in [5.41, 5.74) is 1.03. The van der Waals surface area contributed by atoms with Crippen molar-refractivity contribution in [2.75, 3.05) is 0 Å². The van der Waals surface area contributed by atoms with E-state index in [1.54, 1.807) is 29.6 Å². The lowest BCUT2D eigenvalue weighted by Gasteiger charge is -2.22. The van der Waals surface area contributed by atoms with Gasteiger partial charge in [-0.05, 0) is 17.5 Å². The summed E-state index contributed by atoms with van der Waals surface area (Å²) in [5, 5.41) is 10.5. The number of carbonyl (C=O) groups excluding carboxylic acids is 1. The van der Waals surface area contributed by atoms with Crippen LogP contribution in [0.25, 0.3) is 0 Å². The first-order valence-corrected chi connectivity index (χ1v) is 6.68. The maximum absolute atomic E-state index is 12.0. The molecule has 1 amide bonds. The number of hydrogen-bond acceptors (Lipinski definition) is 4. The van der Waals surface area contributed by atoms with Crippen molar-refractivity contribution in [1.29, 1.82) is 0 Å². The van der Waals surface area contributed by atoms with Crippen molar-refractivity contribution in [3.8, 4) is 0 Å². The second-order valence-corrected chi connectivity index (χ2v) is 5.03. The van der Waals surface area contributed by atoms with E-state index in [9.17, 15) is 4.79 Å². The standard InChI is InChI=1S/C14H19N5O/c1-11(2)14(12-4-3-6-15-8-12)18-13(20)5-7-19-9-16-17-10-19/h3-4,6,8-11,14H,5,7H2,1-2H3,(H,18,20). The first-order chi connectivity index (χ1) is 9.66. The van der Waals surface area contributed by atoms with Gasteiger partial charge in [0.1, 0.15) is 12.7 Å². The van der Waals surface area contributed by atoms with Gasteiger partial charge in [-0.25, -0.2) is 0 Å². The van der Waals surface area contributed by atoms with Gasteiger partial charge >= 0.3 is 0 Å². The number of nitrogens with one attached hydrogen (secondary N) is 1. The number of carbonyl (C=O) groups is 1. The molecule has 0 saturated carbocycles. The molecule has 1 unspecified atom stereocenters. The van der Waals surface area contributed by atoms with Gasteiger partial charge in [-0.1, -0.05) is 19.9 Å².